The highest BCUT2D eigenvalue weighted by Gasteiger charge is 2.49. The quantitative estimate of drug-likeness (QED) is 0.227. The van der Waals surface area contributed by atoms with Gasteiger partial charge in [0.1, 0.15) is 5.16 Å². The van der Waals surface area contributed by atoms with Crippen LogP contribution in [0, 0.1) is 0 Å². The van der Waals surface area contributed by atoms with Crippen molar-refractivity contribution in [3.63, 3.8) is 0 Å². The largest absolute Gasteiger partial charge is 0.481 e. The molecule has 0 aliphatic rings. The van der Waals surface area contributed by atoms with E-state index < -0.39 is 50.6 Å². The van der Waals surface area contributed by atoms with E-state index in [2.05, 4.69) is 4.89 Å². The van der Waals surface area contributed by atoms with E-state index in [1.165, 1.54) is 0 Å². The van der Waals surface area contributed by atoms with Gasteiger partial charge in [-0.1, -0.05) is 0 Å². The Morgan fingerprint density at radius 1 is 1.18 bits per heavy atom. The number of carboxylic acids is 2. The second kappa shape index (κ2) is 6.08. The zero-order chi connectivity index (χ0) is 13.7. The van der Waals surface area contributed by atoms with Gasteiger partial charge in [0, 0.05) is 6.42 Å². The lowest BCUT2D eigenvalue weighted by atomic mass is 9.99. The van der Waals surface area contributed by atoms with Crippen molar-refractivity contribution in [1.82, 2.24) is 0 Å². The third-order valence-electron chi connectivity index (χ3n) is 2.24. The van der Waals surface area contributed by atoms with Gasteiger partial charge in [0.05, 0.1) is 13.0 Å². The van der Waals surface area contributed by atoms with Crippen LogP contribution in [-0.4, -0.2) is 49.0 Å². The van der Waals surface area contributed by atoms with Gasteiger partial charge in [0.2, 0.25) is 0 Å². The molecule has 9 nitrogen and oxygen atoms in total. The molecule has 0 fully saturated rings. The number of rotatable bonds is 8. The smallest absolute Gasteiger partial charge is 0.334 e. The summed E-state index contributed by atoms with van der Waals surface area (Å²) >= 11 is 0. The lowest BCUT2D eigenvalue weighted by Crippen LogP contribution is -2.37. The second-order valence-corrected chi connectivity index (χ2v) is 5.54. The maximum absolute atomic E-state index is 11.2. The molecule has 1 atom stereocenters. The highest BCUT2D eigenvalue weighted by molar-refractivity contribution is 7.53. The predicted octanol–water partition coefficient (Wildman–Crippen LogP) is -0.268. The van der Waals surface area contributed by atoms with Crippen molar-refractivity contribution in [2.45, 2.75) is 24.4 Å². The van der Waals surface area contributed by atoms with Gasteiger partial charge in [0.15, 0.2) is 0 Å². The number of hydrogen-bond acceptors (Lipinski definition) is 5. The van der Waals surface area contributed by atoms with E-state index in [-0.39, 0.29) is 0 Å². The van der Waals surface area contributed by atoms with E-state index in [4.69, 9.17) is 25.3 Å². The molecule has 0 aromatic carbocycles. The average Bonchev–Trinajstić information content (AvgIpc) is 2.11. The molecule has 0 aromatic rings. The van der Waals surface area contributed by atoms with Crippen molar-refractivity contribution in [3.8, 4) is 0 Å². The van der Waals surface area contributed by atoms with Crippen molar-refractivity contribution >= 4 is 19.5 Å². The summed E-state index contributed by atoms with van der Waals surface area (Å²) in [6, 6.07) is 0. The van der Waals surface area contributed by atoms with Crippen LogP contribution in [0.3, 0.4) is 0 Å². The molecule has 17 heavy (non-hydrogen) atoms. The molecule has 0 aliphatic carbocycles. The first kappa shape index (κ1) is 16.0. The van der Waals surface area contributed by atoms with Gasteiger partial charge in [-0.3, -0.25) is 19.4 Å². The maximum Gasteiger partial charge on any atom is 0.334 e. The highest BCUT2D eigenvalue weighted by atomic mass is 31.2. The number of hydrogen-bond donors (Lipinski definition) is 5. The average molecular weight is 272 g/mol. The van der Waals surface area contributed by atoms with Gasteiger partial charge in [-0.25, -0.2) is 4.89 Å². The fraction of sp³-hybridized carbons (Fsp3) is 0.714. The summed E-state index contributed by atoms with van der Waals surface area (Å²) in [6.07, 6.45) is -2.29. The molecular formula is C7H13O9P. The van der Waals surface area contributed by atoms with Crippen LogP contribution in [0.15, 0.2) is 0 Å². The van der Waals surface area contributed by atoms with E-state index in [1.54, 1.807) is 0 Å². The first-order valence-electron chi connectivity index (χ1n) is 4.40. The summed E-state index contributed by atoms with van der Waals surface area (Å²) in [5, 5.41) is 23.0. The molecule has 0 aliphatic heterocycles. The van der Waals surface area contributed by atoms with Crippen LogP contribution >= 0.6 is 7.60 Å². The van der Waals surface area contributed by atoms with Crippen LogP contribution in [0.25, 0.3) is 0 Å². The Kier molecular flexibility index (Phi) is 5.73. The summed E-state index contributed by atoms with van der Waals surface area (Å²) in [5.41, 5.74) is 0. The summed E-state index contributed by atoms with van der Waals surface area (Å²) in [5.74, 6) is -2.87. The van der Waals surface area contributed by atoms with Gasteiger partial charge in [-0.05, 0) is 6.42 Å². The normalized spacial score (nSPS) is 15.2. The Bertz CT molecular complexity index is 334. The Labute approximate surface area is 95.7 Å². The summed E-state index contributed by atoms with van der Waals surface area (Å²) in [4.78, 5) is 42.7. The highest BCUT2D eigenvalue weighted by Crippen LogP contribution is 2.55. The Balaban J connectivity index is 5.16. The second-order valence-electron chi connectivity index (χ2n) is 3.51. The molecule has 0 radical (unpaired) electrons. The number of aliphatic carboxylic acids is 2. The van der Waals surface area contributed by atoms with E-state index >= 15 is 0 Å². The Morgan fingerprint density at radius 3 is 2.00 bits per heavy atom. The summed E-state index contributed by atoms with van der Waals surface area (Å²) in [7, 11) is -4.96. The number of carboxylic acid groups (broad SMARTS) is 2. The Morgan fingerprint density at radius 2 is 1.71 bits per heavy atom. The van der Waals surface area contributed by atoms with Crippen molar-refractivity contribution < 1.29 is 44.3 Å². The molecule has 0 amide bonds. The topological polar surface area (TPSA) is 162 Å². The first-order chi connectivity index (χ1) is 7.64. The minimum atomic E-state index is -4.96. The lowest BCUT2D eigenvalue weighted by molar-refractivity contribution is -0.249. The summed E-state index contributed by atoms with van der Waals surface area (Å²) in [6.45, 7) is -0.961. The zero-order valence-corrected chi connectivity index (χ0v) is 9.54. The SMILES string of the molecule is O=C(O)CCC(COO)(CC(=O)O)P(=O)(O)O. The monoisotopic (exact) mass is 272 g/mol. The molecule has 1 unspecified atom stereocenters. The van der Waals surface area contributed by atoms with Crippen LogP contribution in [0.1, 0.15) is 19.3 Å². The molecule has 0 aromatic heterocycles. The van der Waals surface area contributed by atoms with Gasteiger partial charge in [-0.2, -0.15) is 0 Å². The minimum absolute atomic E-state index is 0.626. The van der Waals surface area contributed by atoms with E-state index in [0.29, 0.717) is 0 Å². The number of carbonyl (C=O) groups is 2. The molecule has 0 saturated carbocycles. The van der Waals surface area contributed by atoms with E-state index in [0.717, 1.165) is 0 Å². The fourth-order valence-electron chi connectivity index (χ4n) is 1.29. The van der Waals surface area contributed by atoms with E-state index in [9.17, 15) is 14.2 Å². The molecule has 0 rings (SSSR count). The van der Waals surface area contributed by atoms with Gasteiger partial charge < -0.3 is 20.0 Å². The molecule has 0 bridgehead atoms. The minimum Gasteiger partial charge on any atom is -0.481 e. The molecule has 10 heteroatoms. The fourth-order valence-corrected chi connectivity index (χ4v) is 2.26. The van der Waals surface area contributed by atoms with Crippen molar-refractivity contribution in [1.29, 1.82) is 0 Å². The molecule has 5 N–H and O–H groups in total. The van der Waals surface area contributed by atoms with Gasteiger partial charge >= 0.3 is 19.5 Å². The summed E-state index contributed by atoms with van der Waals surface area (Å²) < 4.78 is 11.2. The molecular weight excluding hydrogens is 259 g/mol. The molecule has 0 spiro atoms. The standard InChI is InChI=1S/C7H13O9P/c8-5(9)1-2-7(4-16-12,3-6(10)11)17(13,14)15/h12H,1-4H2,(H,8,9)(H,10,11)(H2,13,14,15). The van der Waals surface area contributed by atoms with Crippen LogP contribution in [0.5, 0.6) is 0 Å². The molecule has 0 heterocycles. The third-order valence-corrected chi connectivity index (χ3v) is 3.98. The molecule has 100 valence electrons. The Hall–Kier alpha value is -0.990. The van der Waals surface area contributed by atoms with Crippen LogP contribution in [-0.2, 0) is 19.0 Å². The van der Waals surface area contributed by atoms with Crippen molar-refractivity contribution in [2.75, 3.05) is 6.61 Å². The van der Waals surface area contributed by atoms with Crippen LogP contribution in [0.2, 0.25) is 0 Å². The zero-order valence-electron chi connectivity index (χ0n) is 8.64. The van der Waals surface area contributed by atoms with Crippen molar-refractivity contribution in [3.05, 3.63) is 0 Å². The predicted molar refractivity (Wildman–Crippen MR) is 52.5 cm³/mol. The lowest BCUT2D eigenvalue weighted by Gasteiger charge is -2.30. The van der Waals surface area contributed by atoms with Crippen LogP contribution in [0.4, 0.5) is 0 Å². The first-order valence-corrected chi connectivity index (χ1v) is 6.01. The van der Waals surface area contributed by atoms with E-state index in [1.807, 2.05) is 0 Å². The maximum atomic E-state index is 11.2. The van der Waals surface area contributed by atoms with Crippen LogP contribution < -0.4 is 0 Å². The third kappa shape index (κ3) is 4.80. The van der Waals surface area contributed by atoms with Gasteiger partial charge in [-0.15, -0.1) is 0 Å². The van der Waals surface area contributed by atoms with Gasteiger partial charge in [0.25, 0.3) is 0 Å². The van der Waals surface area contributed by atoms with Crippen molar-refractivity contribution in [2.24, 2.45) is 0 Å². The molecule has 0 saturated heterocycles.